The first kappa shape index (κ1) is 16.7. The van der Waals surface area contributed by atoms with Crippen molar-refractivity contribution < 1.29 is 14.7 Å². The quantitative estimate of drug-likeness (QED) is 0.871. The standard InChI is InChI=1S/C16H20N2O3/c1-16(2,9-15(20)21)8-14(19)18(3)11-13-6-4-12(10-17)5-7-13/h4-7H,8-9,11H2,1-3H3,(H,20,21). The molecule has 0 fully saturated rings. The highest BCUT2D eigenvalue weighted by molar-refractivity contribution is 5.77. The Balaban J connectivity index is 2.62. The van der Waals surface area contributed by atoms with Gasteiger partial charge in [-0.2, -0.15) is 5.26 Å². The fourth-order valence-corrected chi connectivity index (χ4v) is 2.06. The van der Waals surface area contributed by atoms with E-state index in [0.717, 1.165) is 5.56 Å². The average Bonchev–Trinajstić information content (AvgIpc) is 2.37. The molecule has 0 aliphatic rings. The summed E-state index contributed by atoms with van der Waals surface area (Å²) in [5.74, 6) is -0.992. The summed E-state index contributed by atoms with van der Waals surface area (Å²) in [5.41, 5.74) is 0.943. The number of carboxylic acid groups (broad SMARTS) is 1. The number of nitriles is 1. The van der Waals surface area contributed by atoms with Crippen LogP contribution in [-0.4, -0.2) is 28.9 Å². The third-order valence-corrected chi connectivity index (χ3v) is 3.19. The van der Waals surface area contributed by atoms with Crippen LogP contribution in [0.1, 0.15) is 37.8 Å². The summed E-state index contributed by atoms with van der Waals surface area (Å²) in [6, 6.07) is 9.08. The van der Waals surface area contributed by atoms with Crippen molar-refractivity contribution in [1.29, 1.82) is 5.26 Å². The molecule has 1 amide bonds. The third kappa shape index (κ3) is 5.65. The van der Waals surface area contributed by atoms with Crippen LogP contribution in [0.5, 0.6) is 0 Å². The lowest BCUT2D eigenvalue weighted by Crippen LogP contribution is -2.31. The minimum Gasteiger partial charge on any atom is -0.481 e. The van der Waals surface area contributed by atoms with Gasteiger partial charge in [-0.15, -0.1) is 0 Å². The number of carboxylic acids is 1. The molecule has 0 bridgehead atoms. The lowest BCUT2D eigenvalue weighted by molar-refractivity contribution is -0.140. The maximum atomic E-state index is 12.1. The summed E-state index contributed by atoms with van der Waals surface area (Å²) < 4.78 is 0. The zero-order valence-corrected chi connectivity index (χ0v) is 12.6. The van der Waals surface area contributed by atoms with E-state index in [2.05, 4.69) is 0 Å². The van der Waals surface area contributed by atoms with Crippen molar-refractivity contribution in [2.24, 2.45) is 5.41 Å². The number of benzene rings is 1. The van der Waals surface area contributed by atoms with Gasteiger partial charge in [0.15, 0.2) is 0 Å². The number of amides is 1. The number of nitrogens with zero attached hydrogens (tertiary/aromatic N) is 2. The summed E-state index contributed by atoms with van der Waals surface area (Å²) in [6.07, 6.45) is 0.148. The van der Waals surface area contributed by atoms with Gasteiger partial charge < -0.3 is 10.0 Å². The lowest BCUT2D eigenvalue weighted by Gasteiger charge is -2.25. The Kier molecular flexibility index (Phi) is 5.48. The second kappa shape index (κ2) is 6.89. The van der Waals surface area contributed by atoms with Gasteiger partial charge in [-0.1, -0.05) is 26.0 Å². The van der Waals surface area contributed by atoms with Crippen LogP contribution in [0.3, 0.4) is 0 Å². The Labute approximate surface area is 124 Å². The van der Waals surface area contributed by atoms with Crippen molar-refractivity contribution in [2.75, 3.05) is 7.05 Å². The lowest BCUT2D eigenvalue weighted by atomic mass is 9.85. The van der Waals surface area contributed by atoms with Crippen LogP contribution < -0.4 is 0 Å². The summed E-state index contributed by atoms with van der Waals surface area (Å²) in [4.78, 5) is 24.5. The molecule has 0 aliphatic heterocycles. The highest BCUT2D eigenvalue weighted by atomic mass is 16.4. The first-order valence-electron chi connectivity index (χ1n) is 6.68. The van der Waals surface area contributed by atoms with Gasteiger partial charge in [-0.25, -0.2) is 0 Å². The molecule has 0 atom stereocenters. The predicted molar refractivity (Wildman–Crippen MR) is 78.3 cm³/mol. The van der Waals surface area contributed by atoms with E-state index < -0.39 is 11.4 Å². The Bertz CT molecular complexity index is 556. The number of rotatable bonds is 6. The molecule has 1 aromatic carbocycles. The van der Waals surface area contributed by atoms with E-state index in [4.69, 9.17) is 10.4 Å². The Morgan fingerprint density at radius 1 is 1.24 bits per heavy atom. The second-order valence-corrected chi connectivity index (χ2v) is 5.97. The second-order valence-electron chi connectivity index (χ2n) is 5.97. The van der Waals surface area contributed by atoms with Crippen LogP contribution in [0.25, 0.3) is 0 Å². The van der Waals surface area contributed by atoms with Gasteiger partial charge in [0.1, 0.15) is 0 Å². The van der Waals surface area contributed by atoms with E-state index in [9.17, 15) is 9.59 Å². The van der Waals surface area contributed by atoms with Crippen molar-refractivity contribution in [2.45, 2.75) is 33.2 Å². The number of hydrogen-bond acceptors (Lipinski definition) is 3. The summed E-state index contributed by atoms with van der Waals surface area (Å²) in [5, 5.41) is 17.6. The largest absolute Gasteiger partial charge is 0.481 e. The van der Waals surface area contributed by atoms with Gasteiger partial charge in [-0.05, 0) is 23.1 Å². The Morgan fingerprint density at radius 2 is 1.81 bits per heavy atom. The molecule has 1 aromatic rings. The maximum Gasteiger partial charge on any atom is 0.303 e. The Hall–Kier alpha value is -2.35. The summed E-state index contributed by atoms with van der Waals surface area (Å²) in [7, 11) is 1.69. The summed E-state index contributed by atoms with van der Waals surface area (Å²) >= 11 is 0. The molecule has 0 aliphatic carbocycles. The molecule has 5 nitrogen and oxygen atoms in total. The maximum absolute atomic E-state index is 12.1. The zero-order valence-electron chi connectivity index (χ0n) is 12.6. The van der Waals surface area contributed by atoms with E-state index in [1.807, 2.05) is 18.2 Å². The molecule has 1 rings (SSSR count). The van der Waals surface area contributed by atoms with Crippen LogP contribution in [0.4, 0.5) is 0 Å². The molecule has 112 valence electrons. The molecule has 0 radical (unpaired) electrons. The van der Waals surface area contributed by atoms with Gasteiger partial charge in [-0.3, -0.25) is 9.59 Å². The van der Waals surface area contributed by atoms with E-state index in [-0.39, 0.29) is 18.7 Å². The van der Waals surface area contributed by atoms with Crippen LogP contribution in [0.15, 0.2) is 24.3 Å². The molecule has 0 unspecified atom stereocenters. The molecule has 0 aromatic heterocycles. The molecular weight excluding hydrogens is 268 g/mol. The molecule has 0 saturated heterocycles. The van der Waals surface area contributed by atoms with E-state index in [1.54, 1.807) is 37.9 Å². The van der Waals surface area contributed by atoms with Crippen molar-refractivity contribution in [3.8, 4) is 6.07 Å². The molecular formula is C16H20N2O3. The molecule has 1 N–H and O–H groups in total. The molecule has 0 heterocycles. The molecule has 0 saturated carbocycles. The summed E-state index contributed by atoms with van der Waals surface area (Å²) in [6.45, 7) is 3.98. The van der Waals surface area contributed by atoms with Crippen LogP contribution in [0.2, 0.25) is 0 Å². The van der Waals surface area contributed by atoms with Gasteiger partial charge in [0.2, 0.25) is 5.91 Å². The molecule has 21 heavy (non-hydrogen) atoms. The number of hydrogen-bond donors (Lipinski definition) is 1. The van der Waals surface area contributed by atoms with Crippen molar-refractivity contribution in [1.82, 2.24) is 4.90 Å². The fraction of sp³-hybridized carbons (Fsp3) is 0.438. The predicted octanol–water partition coefficient (Wildman–Crippen LogP) is 2.41. The number of carbonyl (C=O) groups excluding carboxylic acids is 1. The van der Waals surface area contributed by atoms with Gasteiger partial charge >= 0.3 is 5.97 Å². The van der Waals surface area contributed by atoms with E-state index in [1.165, 1.54) is 0 Å². The monoisotopic (exact) mass is 288 g/mol. The third-order valence-electron chi connectivity index (χ3n) is 3.19. The van der Waals surface area contributed by atoms with Crippen molar-refractivity contribution in [3.05, 3.63) is 35.4 Å². The van der Waals surface area contributed by atoms with Crippen molar-refractivity contribution >= 4 is 11.9 Å². The number of aliphatic carboxylic acids is 1. The Morgan fingerprint density at radius 3 is 2.29 bits per heavy atom. The average molecular weight is 288 g/mol. The van der Waals surface area contributed by atoms with Crippen LogP contribution in [0, 0.1) is 16.7 Å². The van der Waals surface area contributed by atoms with Crippen LogP contribution >= 0.6 is 0 Å². The topological polar surface area (TPSA) is 81.4 Å². The number of carbonyl (C=O) groups is 2. The molecule has 0 spiro atoms. The minimum atomic E-state index is -0.900. The smallest absolute Gasteiger partial charge is 0.303 e. The zero-order chi connectivity index (χ0) is 16.0. The van der Waals surface area contributed by atoms with Crippen molar-refractivity contribution in [3.63, 3.8) is 0 Å². The first-order valence-corrected chi connectivity index (χ1v) is 6.68. The van der Waals surface area contributed by atoms with Crippen LogP contribution in [-0.2, 0) is 16.1 Å². The van der Waals surface area contributed by atoms with E-state index >= 15 is 0 Å². The van der Waals surface area contributed by atoms with Gasteiger partial charge in [0.05, 0.1) is 18.1 Å². The highest BCUT2D eigenvalue weighted by Gasteiger charge is 2.26. The first-order chi connectivity index (χ1) is 9.73. The normalized spacial score (nSPS) is 10.8. The van der Waals surface area contributed by atoms with Gasteiger partial charge in [0, 0.05) is 20.0 Å². The SMILES string of the molecule is CN(Cc1ccc(C#N)cc1)C(=O)CC(C)(C)CC(=O)O. The molecule has 5 heteroatoms. The highest BCUT2D eigenvalue weighted by Crippen LogP contribution is 2.26. The van der Waals surface area contributed by atoms with E-state index in [0.29, 0.717) is 12.1 Å². The minimum absolute atomic E-state index is 0.0382. The fourth-order valence-electron chi connectivity index (χ4n) is 2.06. The van der Waals surface area contributed by atoms with Gasteiger partial charge in [0.25, 0.3) is 0 Å².